The number of carbonyl (C=O) groups is 3. The van der Waals surface area contributed by atoms with E-state index in [0.29, 0.717) is 50.8 Å². The monoisotopic (exact) mass is 313 g/mol. The molecule has 0 spiro atoms. The number of piperidine rings is 1. The van der Waals surface area contributed by atoms with Crippen molar-refractivity contribution in [2.45, 2.75) is 24.9 Å². The van der Waals surface area contributed by atoms with Crippen molar-refractivity contribution in [2.24, 2.45) is 0 Å². The van der Waals surface area contributed by atoms with Gasteiger partial charge in [0, 0.05) is 19.6 Å². The minimum atomic E-state index is -0.675. The van der Waals surface area contributed by atoms with Crippen LogP contribution in [0.25, 0.3) is 0 Å². The number of fused-ring (bicyclic) bond motifs is 2. The number of ether oxygens (including phenoxy) is 1. The molecular formula is C12H19N5O5. The van der Waals surface area contributed by atoms with Crippen LogP contribution in [0.4, 0.5) is 9.59 Å². The third-order valence-corrected chi connectivity index (χ3v) is 4.24. The molecule has 0 radical (unpaired) electrons. The van der Waals surface area contributed by atoms with Gasteiger partial charge in [0.2, 0.25) is 0 Å². The molecule has 2 atom stereocenters. The summed E-state index contributed by atoms with van der Waals surface area (Å²) in [6.45, 7) is 2.21. The number of morpholine rings is 1. The molecule has 3 aliphatic rings. The van der Waals surface area contributed by atoms with E-state index in [1.807, 2.05) is 0 Å². The Balaban J connectivity index is 1.51. The normalized spacial score (nSPS) is 27.9. The molecule has 3 fully saturated rings. The van der Waals surface area contributed by atoms with Gasteiger partial charge >= 0.3 is 12.1 Å². The quantitative estimate of drug-likeness (QED) is 0.412. The number of amides is 5. The second kappa shape index (κ2) is 5.97. The molecule has 0 saturated carbocycles. The molecular weight excluding hydrogens is 294 g/mol. The number of nitrogens with one attached hydrogen (secondary N) is 2. The molecule has 22 heavy (non-hydrogen) atoms. The first-order chi connectivity index (χ1) is 10.6. The first kappa shape index (κ1) is 14.9. The number of hydrogen-bond acceptors (Lipinski definition) is 5. The van der Waals surface area contributed by atoms with Crippen molar-refractivity contribution in [3.05, 3.63) is 0 Å². The molecule has 3 aliphatic heterocycles. The van der Waals surface area contributed by atoms with E-state index in [4.69, 9.17) is 4.74 Å². The minimum absolute atomic E-state index is 0.250. The van der Waals surface area contributed by atoms with Gasteiger partial charge in [-0.15, -0.1) is 0 Å². The summed E-state index contributed by atoms with van der Waals surface area (Å²) in [5, 5.41) is 10.3. The van der Waals surface area contributed by atoms with E-state index in [9.17, 15) is 19.6 Å². The number of hydrogen-bond donors (Lipinski definition) is 3. The fraction of sp³-hybridized carbons (Fsp3) is 0.750. The van der Waals surface area contributed by atoms with Crippen molar-refractivity contribution in [3.63, 3.8) is 0 Å². The second-order valence-electron chi connectivity index (χ2n) is 5.55. The summed E-state index contributed by atoms with van der Waals surface area (Å²) in [5.74, 6) is -0.455. The van der Waals surface area contributed by atoms with Gasteiger partial charge in [-0.3, -0.25) is 15.4 Å². The van der Waals surface area contributed by atoms with Crippen molar-refractivity contribution in [1.82, 2.24) is 25.7 Å². The first-order valence-corrected chi connectivity index (χ1v) is 7.29. The highest BCUT2D eigenvalue weighted by Crippen LogP contribution is 2.28. The van der Waals surface area contributed by atoms with E-state index >= 15 is 0 Å². The van der Waals surface area contributed by atoms with Crippen molar-refractivity contribution < 1.29 is 24.3 Å². The van der Waals surface area contributed by atoms with Crippen LogP contribution in [0.1, 0.15) is 12.8 Å². The maximum Gasteiger partial charge on any atom is 0.344 e. The van der Waals surface area contributed by atoms with Crippen LogP contribution in [0.5, 0.6) is 0 Å². The van der Waals surface area contributed by atoms with E-state index < -0.39 is 24.0 Å². The lowest BCUT2D eigenvalue weighted by Crippen LogP contribution is -2.57. The Morgan fingerprint density at radius 1 is 1.18 bits per heavy atom. The first-order valence-electron chi connectivity index (χ1n) is 7.29. The third kappa shape index (κ3) is 2.66. The molecule has 10 heteroatoms. The van der Waals surface area contributed by atoms with Gasteiger partial charge in [-0.25, -0.2) is 20.1 Å². The molecule has 122 valence electrons. The van der Waals surface area contributed by atoms with Crippen LogP contribution in [-0.4, -0.2) is 83.0 Å². The van der Waals surface area contributed by atoms with Crippen LogP contribution < -0.4 is 10.9 Å². The molecule has 0 aromatic heterocycles. The van der Waals surface area contributed by atoms with Crippen LogP contribution in [0.15, 0.2) is 0 Å². The molecule has 0 unspecified atom stereocenters. The van der Waals surface area contributed by atoms with E-state index in [2.05, 4.69) is 10.9 Å². The van der Waals surface area contributed by atoms with Crippen molar-refractivity contribution in [3.8, 4) is 0 Å². The van der Waals surface area contributed by atoms with E-state index in [1.54, 1.807) is 0 Å². The van der Waals surface area contributed by atoms with Crippen LogP contribution in [-0.2, 0) is 9.53 Å². The second-order valence-corrected chi connectivity index (χ2v) is 5.55. The SMILES string of the molecule is O=C(NNC(=O)N1CCOCC1)[C@@H]1CC[C@@H]2CN1C(=O)N2O. The Bertz CT molecular complexity index is 481. The van der Waals surface area contributed by atoms with Crippen LogP contribution in [0.2, 0.25) is 0 Å². The zero-order valence-corrected chi connectivity index (χ0v) is 12.0. The predicted octanol–water partition coefficient (Wildman–Crippen LogP) is -1.28. The van der Waals surface area contributed by atoms with Crippen LogP contribution in [0.3, 0.4) is 0 Å². The van der Waals surface area contributed by atoms with Gasteiger partial charge in [0.1, 0.15) is 6.04 Å². The largest absolute Gasteiger partial charge is 0.378 e. The van der Waals surface area contributed by atoms with Gasteiger partial charge in [0.25, 0.3) is 5.91 Å². The molecule has 3 heterocycles. The number of rotatable bonds is 1. The fourth-order valence-electron chi connectivity index (χ4n) is 2.97. The highest BCUT2D eigenvalue weighted by molar-refractivity contribution is 5.89. The standard InChI is InChI=1S/C12H19N5O5/c18-10(13-14-11(19)15-3-5-22-6-4-15)9-2-1-8-7-16(9)12(20)17(8)21/h8-9,21H,1-7H2,(H,13,18)(H,14,19)/t8-,9+/m1/s1. The highest BCUT2D eigenvalue weighted by atomic mass is 16.5. The molecule has 0 aromatic carbocycles. The summed E-state index contributed by atoms with van der Waals surface area (Å²) < 4.78 is 5.14. The number of hydrazine groups is 1. The summed E-state index contributed by atoms with van der Waals surface area (Å²) in [5.41, 5.74) is 4.70. The molecule has 5 amide bonds. The van der Waals surface area contributed by atoms with Gasteiger partial charge in [-0.2, -0.15) is 0 Å². The number of hydroxylamine groups is 2. The lowest BCUT2D eigenvalue weighted by Gasteiger charge is -2.30. The molecule has 3 rings (SSSR count). The van der Waals surface area contributed by atoms with Gasteiger partial charge in [0.15, 0.2) is 0 Å². The van der Waals surface area contributed by atoms with Gasteiger partial charge in [-0.05, 0) is 12.8 Å². The molecule has 0 aliphatic carbocycles. The summed E-state index contributed by atoms with van der Waals surface area (Å²) in [7, 11) is 0. The third-order valence-electron chi connectivity index (χ3n) is 4.24. The molecule has 3 saturated heterocycles. The van der Waals surface area contributed by atoms with E-state index in [0.717, 1.165) is 0 Å². The lowest BCUT2D eigenvalue weighted by molar-refractivity contribution is -0.126. The number of carbonyl (C=O) groups excluding carboxylic acids is 3. The molecule has 2 bridgehead atoms. The zero-order chi connectivity index (χ0) is 15.7. The topological polar surface area (TPSA) is 114 Å². The molecule has 3 N–H and O–H groups in total. The van der Waals surface area contributed by atoms with Crippen LogP contribution >= 0.6 is 0 Å². The minimum Gasteiger partial charge on any atom is -0.378 e. The van der Waals surface area contributed by atoms with Crippen molar-refractivity contribution >= 4 is 18.0 Å². The molecule has 10 nitrogen and oxygen atoms in total. The fourth-order valence-corrected chi connectivity index (χ4v) is 2.97. The van der Waals surface area contributed by atoms with Gasteiger partial charge < -0.3 is 14.5 Å². The Labute approximate surface area is 126 Å². The Hall–Kier alpha value is -2.07. The van der Waals surface area contributed by atoms with Gasteiger partial charge in [0.05, 0.1) is 19.3 Å². The summed E-state index contributed by atoms with van der Waals surface area (Å²) in [6, 6.07) is -1.89. The Morgan fingerprint density at radius 2 is 1.91 bits per heavy atom. The summed E-state index contributed by atoms with van der Waals surface area (Å²) >= 11 is 0. The number of urea groups is 2. The van der Waals surface area contributed by atoms with Crippen molar-refractivity contribution in [1.29, 1.82) is 0 Å². The summed E-state index contributed by atoms with van der Waals surface area (Å²) in [6.07, 6.45) is 1.00. The highest BCUT2D eigenvalue weighted by Gasteiger charge is 2.46. The average molecular weight is 313 g/mol. The Kier molecular flexibility index (Phi) is 4.03. The van der Waals surface area contributed by atoms with Gasteiger partial charge in [-0.1, -0.05) is 0 Å². The average Bonchev–Trinajstić information content (AvgIpc) is 2.78. The van der Waals surface area contributed by atoms with Crippen LogP contribution in [0, 0.1) is 0 Å². The zero-order valence-electron chi connectivity index (χ0n) is 12.0. The Morgan fingerprint density at radius 3 is 2.64 bits per heavy atom. The number of nitrogens with zero attached hydrogens (tertiary/aromatic N) is 3. The maximum absolute atomic E-state index is 12.2. The maximum atomic E-state index is 12.2. The van der Waals surface area contributed by atoms with E-state index in [-0.39, 0.29) is 6.04 Å². The molecule has 0 aromatic rings. The van der Waals surface area contributed by atoms with Crippen molar-refractivity contribution in [2.75, 3.05) is 32.8 Å². The summed E-state index contributed by atoms with van der Waals surface area (Å²) in [4.78, 5) is 38.7. The van der Waals surface area contributed by atoms with E-state index in [1.165, 1.54) is 9.80 Å². The lowest BCUT2D eigenvalue weighted by atomic mass is 10.0. The predicted molar refractivity (Wildman–Crippen MR) is 71.6 cm³/mol. The smallest absolute Gasteiger partial charge is 0.344 e.